The summed E-state index contributed by atoms with van der Waals surface area (Å²) in [6.07, 6.45) is -0.956. The van der Waals surface area contributed by atoms with E-state index < -0.39 is 29.8 Å². The van der Waals surface area contributed by atoms with E-state index in [1.54, 1.807) is 0 Å². The Labute approximate surface area is 155 Å². The highest BCUT2D eigenvalue weighted by molar-refractivity contribution is 6.04. The Morgan fingerprint density at radius 2 is 1.59 bits per heavy atom. The zero-order valence-corrected chi connectivity index (χ0v) is 14.9. The highest BCUT2D eigenvalue weighted by Crippen LogP contribution is 2.21. The summed E-state index contributed by atoms with van der Waals surface area (Å²) in [7, 11) is 2.41. The second-order valence-electron chi connectivity index (χ2n) is 5.45. The minimum absolute atomic E-state index is 0.0625. The predicted octanol–water partition coefficient (Wildman–Crippen LogP) is 2.80. The Morgan fingerprint density at radius 3 is 2.19 bits per heavy atom. The first-order valence-corrected chi connectivity index (χ1v) is 7.89. The highest BCUT2D eigenvalue weighted by Gasteiger charge is 2.21. The molecule has 7 nitrogen and oxygen atoms in total. The van der Waals surface area contributed by atoms with Crippen LogP contribution in [0.25, 0.3) is 0 Å². The molecule has 27 heavy (non-hydrogen) atoms. The van der Waals surface area contributed by atoms with Gasteiger partial charge in [0.2, 0.25) is 0 Å². The summed E-state index contributed by atoms with van der Waals surface area (Å²) in [5, 5.41) is 2.53. The van der Waals surface area contributed by atoms with Gasteiger partial charge in [0.1, 0.15) is 11.6 Å². The lowest BCUT2D eigenvalue weighted by atomic mass is 10.1. The molecule has 0 saturated heterocycles. The van der Waals surface area contributed by atoms with E-state index in [0.29, 0.717) is 5.75 Å². The number of amides is 1. The van der Waals surface area contributed by atoms with Crippen LogP contribution in [0.3, 0.4) is 0 Å². The monoisotopic (exact) mass is 375 g/mol. The van der Waals surface area contributed by atoms with Crippen molar-refractivity contribution in [3.8, 4) is 5.75 Å². The number of rotatable bonds is 6. The second kappa shape index (κ2) is 8.79. The van der Waals surface area contributed by atoms with Gasteiger partial charge in [0.15, 0.2) is 6.10 Å². The molecule has 0 saturated carbocycles. The number of hydrogen-bond acceptors (Lipinski definition) is 6. The Morgan fingerprint density at radius 1 is 0.963 bits per heavy atom. The van der Waals surface area contributed by atoms with Crippen molar-refractivity contribution in [3.05, 3.63) is 59.4 Å². The first-order valence-electron chi connectivity index (χ1n) is 7.89. The summed E-state index contributed by atoms with van der Waals surface area (Å²) in [6, 6.07) is 9.21. The van der Waals surface area contributed by atoms with Crippen LogP contribution in [-0.4, -0.2) is 38.2 Å². The second-order valence-corrected chi connectivity index (χ2v) is 5.45. The number of methoxy groups -OCH3 is 2. The third-order valence-electron chi connectivity index (χ3n) is 3.60. The zero-order chi connectivity index (χ0) is 20.0. The third kappa shape index (κ3) is 5.04. The molecule has 0 aromatic heterocycles. The molecule has 2 rings (SSSR count). The van der Waals surface area contributed by atoms with Gasteiger partial charge >= 0.3 is 11.9 Å². The summed E-state index contributed by atoms with van der Waals surface area (Å²) in [5.74, 6) is -2.02. The van der Waals surface area contributed by atoms with Gasteiger partial charge in [-0.05, 0) is 49.4 Å². The molecule has 0 aliphatic rings. The fourth-order valence-electron chi connectivity index (χ4n) is 2.19. The Hall–Kier alpha value is -3.42. The van der Waals surface area contributed by atoms with Crippen LogP contribution in [0, 0.1) is 5.82 Å². The summed E-state index contributed by atoms with van der Waals surface area (Å²) in [4.78, 5) is 36.0. The normalized spacial score (nSPS) is 11.3. The van der Waals surface area contributed by atoms with Crippen molar-refractivity contribution >= 4 is 23.5 Å². The first kappa shape index (κ1) is 19.9. The van der Waals surface area contributed by atoms with Gasteiger partial charge in [0, 0.05) is 0 Å². The van der Waals surface area contributed by atoms with Crippen LogP contribution in [0.15, 0.2) is 42.5 Å². The predicted molar refractivity (Wildman–Crippen MR) is 94.2 cm³/mol. The maximum Gasteiger partial charge on any atom is 0.339 e. The standard InChI is InChI=1S/C19H18FNO6/c1-11(27-14-7-5-13(20)6-8-14)17(22)21-16-10-12(18(23)25-2)4-9-15(16)19(24)26-3/h4-11H,1-3H3,(H,21,22). The Kier molecular flexibility index (Phi) is 6.48. The number of anilines is 1. The van der Waals surface area contributed by atoms with Crippen molar-refractivity contribution in [3.63, 3.8) is 0 Å². The molecule has 0 heterocycles. The molecule has 2 aromatic rings. The van der Waals surface area contributed by atoms with Crippen molar-refractivity contribution in [2.75, 3.05) is 19.5 Å². The van der Waals surface area contributed by atoms with Crippen LogP contribution in [-0.2, 0) is 14.3 Å². The molecule has 0 fully saturated rings. The largest absolute Gasteiger partial charge is 0.481 e. The molecule has 1 N–H and O–H groups in total. The number of ether oxygens (including phenoxy) is 3. The molecule has 1 atom stereocenters. The third-order valence-corrected chi connectivity index (χ3v) is 3.60. The molecule has 2 aromatic carbocycles. The lowest BCUT2D eigenvalue weighted by Crippen LogP contribution is -2.31. The molecule has 1 amide bonds. The molecule has 0 bridgehead atoms. The van der Waals surface area contributed by atoms with E-state index in [1.165, 1.54) is 63.6 Å². The number of carbonyl (C=O) groups excluding carboxylic acids is 3. The summed E-state index contributed by atoms with van der Waals surface area (Å²) in [6.45, 7) is 1.49. The number of benzene rings is 2. The quantitative estimate of drug-likeness (QED) is 0.781. The zero-order valence-electron chi connectivity index (χ0n) is 14.9. The van der Waals surface area contributed by atoms with Crippen LogP contribution < -0.4 is 10.1 Å². The van der Waals surface area contributed by atoms with Crippen LogP contribution in [0.2, 0.25) is 0 Å². The minimum atomic E-state index is -0.956. The molecular weight excluding hydrogens is 357 g/mol. The number of halogens is 1. The topological polar surface area (TPSA) is 90.9 Å². The van der Waals surface area contributed by atoms with Crippen molar-refractivity contribution in [2.24, 2.45) is 0 Å². The number of esters is 2. The van der Waals surface area contributed by atoms with Gasteiger partial charge in [0.25, 0.3) is 5.91 Å². The maximum absolute atomic E-state index is 12.9. The van der Waals surface area contributed by atoms with Gasteiger partial charge in [-0.2, -0.15) is 0 Å². The van der Waals surface area contributed by atoms with Crippen molar-refractivity contribution in [2.45, 2.75) is 13.0 Å². The van der Waals surface area contributed by atoms with Crippen LogP contribution in [0.4, 0.5) is 10.1 Å². The number of nitrogens with one attached hydrogen (secondary N) is 1. The van der Waals surface area contributed by atoms with E-state index in [4.69, 9.17) is 4.74 Å². The van der Waals surface area contributed by atoms with Gasteiger partial charge in [-0.3, -0.25) is 4.79 Å². The molecule has 8 heteroatoms. The van der Waals surface area contributed by atoms with Gasteiger partial charge in [-0.15, -0.1) is 0 Å². The fraction of sp³-hybridized carbons (Fsp3) is 0.211. The molecule has 0 aliphatic carbocycles. The lowest BCUT2D eigenvalue weighted by molar-refractivity contribution is -0.122. The van der Waals surface area contributed by atoms with E-state index in [0.717, 1.165) is 0 Å². The van der Waals surface area contributed by atoms with E-state index in [-0.39, 0.29) is 16.8 Å². The smallest absolute Gasteiger partial charge is 0.339 e. The average molecular weight is 375 g/mol. The maximum atomic E-state index is 12.9. The summed E-state index contributed by atoms with van der Waals surface area (Å²) in [5.41, 5.74) is 0.282. The van der Waals surface area contributed by atoms with Crippen molar-refractivity contribution in [1.82, 2.24) is 0 Å². The van der Waals surface area contributed by atoms with Crippen LogP contribution >= 0.6 is 0 Å². The Bertz CT molecular complexity index is 850. The fourth-order valence-corrected chi connectivity index (χ4v) is 2.19. The van der Waals surface area contributed by atoms with E-state index in [9.17, 15) is 18.8 Å². The van der Waals surface area contributed by atoms with Crippen molar-refractivity contribution < 1.29 is 33.0 Å². The molecule has 0 spiro atoms. The first-order chi connectivity index (χ1) is 12.8. The van der Waals surface area contributed by atoms with Gasteiger partial charge in [-0.1, -0.05) is 0 Å². The van der Waals surface area contributed by atoms with Gasteiger partial charge in [-0.25, -0.2) is 14.0 Å². The van der Waals surface area contributed by atoms with Gasteiger partial charge < -0.3 is 19.5 Å². The lowest BCUT2D eigenvalue weighted by Gasteiger charge is -2.16. The SMILES string of the molecule is COC(=O)c1ccc(C(=O)OC)c(NC(=O)C(C)Oc2ccc(F)cc2)c1. The number of carbonyl (C=O) groups is 3. The molecule has 0 radical (unpaired) electrons. The summed E-state index contributed by atoms with van der Waals surface area (Å²) < 4.78 is 27.7. The molecule has 0 aliphatic heterocycles. The Balaban J connectivity index is 2.22. The van der Waals surface area contributed by atoms with Crippen LogP contribution in [0.1, 0.15) is 27.6 Å². The molecule has 1 unspecified atom stereocenters. The number of hydrogen-bond donors (Lipinski definition) is 1. The van der Waals surface area contributed by atoms with E-state index in [2.05, 4.69) is 14.8 Å². The highest BCUT2D eigenvalue weighted by atomic mass is 19.1. The average Bonchev–Trinajstić information content (AvgIpc) is 2.68. The molecular formula is C19H18FNO6. The van der Waals surface area contributed by atoms with E-state index in [1.807, 2.05) is 0 Å². The van der Waals surface area contributed by atoms with E-state index >= 15 is 0 Å². The molecule has 142 valence electrons. The minimum Gasteiger partial charge on any atom is -0.481 e. The van der Waals surface area contributed by atoms with Crippen LogP contribution in [0.5, 0.6) is 5.75 Å². The van der Waals surface area contributed by atoms with Crippen molar-refractivity contribution in [1.29, 1.82) is 0 Å². The summed E-state index contributed by atoms with van der Waals surface area (Å²) >= 11 is 0. The van der Waals surface area contributed by atoms with Gasteiger partial charge in [0.05, 0.1) is 31.0 Å².